The van der Waals surface area contributed by atoms with Gasteiger partial charge in [-0.15, -0.1) is 0 Å². The predicted molar refractivity (Wildman–Crippen MR) is 165 cm³/mol. The number of nitrogens with zero attached hydrogens (tertiary/aromatic N) is 1. The van der Waals surface area contributed by atoms with E-state index in [0.717, 1.165) is 27.9 Å². The molecule has 3 N–H and O–H groups in total. The van der Waals surface area contributed by atoms with Crippen molar-refractivity contribution < 1.29 is 33.3 Å². The Balaban J connectivity index is 1.32. The Labute approximate surface area is 257 Å². The summed E-state index contributed by atoms with van der Waals surface area (Å²) in [6.07, 6.45) is 1.38. The van der Waals surface area contributed by atoms with Crippen LogP contribution in [0.4, 0.5) is 5.69 Å². The van der Waals surface area contributed by atoms with Crippen LogP contribution < -0.4 is 35.0 Å². The van der Waals surface area contributed by atoms with Gasteiger partial charge in [0, 0.05) is 12.2 Å². The van der Waals surface area contributed by atoms with Gasteiger partial charge < -0.3 is 29.6 Å². The highest BCUT2D eigenvalue weighted by Gasteiger charge is 2.17. The molecule has 0 aromatic heterocycles. The van der Waals surface area contributed by atoms with Gasteiger partial charge in [-0.2, -0.15) is 5.10 Å². The molecule has 0 spiro atoms. The van der Waals surface area contributed by atoms with Gasteiger partial charge in [0.2, 0.25) is 6.79 Å². The maximum atomic E-state index is 12.7. The number of fused-ring (bicyclic) bond motifs is 1. The van der Waals surface area contributed by atoms with Crippen molar-refractivity contribution in [1.29, 1.82) is 0 Å². The average Bonchev–Trinajstić information content (AvgIpc) is 3.41. The van der Waals surface area contributed by atoms with Gasteiger partial charge in [-0.1, -0.05) is 23.8 Å². The number of benzene rings is 3. The van der Waals surface area contributed by atoms with E-state index in [1.165, 1.54) is 6.21 Å². The smallest absolute Gasteiger partial charge is 0.329 e. The molecule has 42 heavy (non-hydrogen) atoms. The van der Waals surface area contributed by atoms with E-state index in [1.807, 2.05) is 39.8 Å². The van der Waals surface area contributed by atoms with Gasteiger partial charge >= 0.3 is 11.8 Å². The van der Waals surface area contributed by atoms with Crippen LogP contribution in [0.3, 0.4) is 0 Å². The summed E-state index contributed by atoms with van der Waals surface area (Å²) >= 11 is 2.07. The Morgan fingerprint density at radius 2 is 1.71 bits per heavy atom. The monoisotopic (exact) mass is 686 g/mol. The number of hydrogen-bond donors (Lipinski definition) is 3. The first-order valence-corrected chi connectivity index (χ1v) is 14.2. The molecule has 1 aliphatic heterocycles. The molecule has 1 aliphatic rings. The molecule has 0 atom stereocenters. The van der Waals surface area contributed by atoms with Crippen molar-refractivity contribution in [2.45, 2.75) is 34.2 Å². The van der Waals surface area contributed by atoms with Crippen molar-refractivity contribution in [2.75, 3.05) is 25.3 Å². The second-order valence-corrected chi connectivity index (χ2v) is 10.6. The van der Waals surface area contributed by atoms with E-state index in [4.69, 9.17) is 18.9 Å². The molecule has 0 radical (unpaired) electrons. The Hall–Kier alpha value is -4.33. The summed E-state index contributed by atoms with van der Waals surface area (Å²) in [5.74, 6) is -0.0163. The van der Waals surface area contributed by atoms with Gasteiger partial charge in [-0.3, -0.25) is 14.4 Å². The van der Waals surface area contributed by atoms with Gasteiger partial charge in [-0.05, 0) is 96.8 Å². The molecule has 0 aliphatic carbocycles. The normalized spacial score (nSPS) is 11.7. The van der Waals surface area contributed by atoms with Gasteiger partial charge in [0.15, 0.2) is 29.6 Å². The van der Waals surface area contributed by atoms with Gasteiger partial charge in [0.25, 0.3) is 5.91 Å². The Bertz CT molecular complexity index is 1520. The molecule has 0 saturated heterocycles. The third-order valence-corrected chi connectivity index (χ3v) is 6.90. The number of nitrogens with one attached hydrogen (secondary N) is 3. The van der Waals surface area contributed by atoms with Crippen molar-refractivity contribution in [3.05, 3.63) is 73.9 Å². The van der Waals surface area contributed by atoms with Gasteiger partial charge in [-0.25, -0.2) is 5.43 Å². The largest absolute Gasteiger partial charge is 0.490 e. The predicted octanol–water partition coefficient (Wildman–Crippen LogP) is 4.13. The van der Waals surface area contributed by atoms with E-state index < -0.39 is 11.8 Å². The van der Waals surface area contributed by atoms with Crippen LogP contribution in [0.1, 0.15) is 34.7 Å². The standard InChI is InChI=1S/C30H31IN4O7/c1-5-39-25-12-21(10-22(31)28(25)40-15-26(36)34-27-18(3)8-17(2)9-19(27)4)14-33-35-30(38)29(37)32-13-20-6-7-23-24(11-20)42-16-41-23/h6-12,14H,5,13,15-16H2,1-4H3,(H,32,37)(H,34,36)(H,35,38)/b33-14-. The number of carbonyl (C=O) groups is 3. The summed E-state index contributed by atoms with van der Waals surface area (Å²) in [6.45, 7) is 8.16. The summed E-state index contributed by atoms with van der Waals surface area (Å²) in [7, 11) is 0. The van der Waals surface area contributed by atoms with Crippen LogP contribution in [0.5, 0.6) is 23.0 Å². The van der Waals surface area contributed by atoms with Crippen molar-refractivity contribution in [2.24, 2.45) is 5.10 Å². The van der Waals surface area contributed by atoms with E-state index >= 15 is 0 Å². The topological polar surface area (TPSA) is 137 Å². The number of hydrogen-bond acceptors (Lipinski definition) is 8. The van der Waals surface area contributed by atoms with Gasteiger partial charge in [0.1, 0.15) is 0 Å². The summed E-state index contributed by atoms with van der Waals surface area (Å²) in [5, 5.41) is 9.35. The first kappa shape index (κ1) is 30.6. The molecule has 0 fully saturated rings. The number of aryl methyl sites for hydroxylation is 3. The van der Waals surface area contributed by atoms with E-state index in [2.05, 4.69) is 43.8 Å². The SMILES string of the molecule is CCOc1cc(/C=N\NC(=O)C(=O)NCc2ccc3c(c2)OCO3)cc(I)c1OCC(=O)Nc1c(C)cc(C)cc1C. The second kappa shape index (κ2) is 14.0. The Morgan fingerprint density at radius 3 is 2.45 bits per heavy atom. The van der Waals surface area contributed by atoms with Crippen molar-refractivity contribution >= 4 is 52.2 Å². The maximum absolute atomic E-state index is 12.7. The lowest BCUT2D eigenvalue weighted by Crippen LogP contribution is -2.37. The van der Waals surface area contributed by atoms with Crippen LogP contribution in [0.2, 0.25) is 0 Å². The minimum Gasteiger partial charge on any atom is -0.490 e. The minimum absolute atomic E-state index is 0.131. The fourth-order valence-electron chi connectivity index (χ4n) is 4.29. The molecule has 3 aromatic carbocycles. The molecule has 220 valence electrons. The van der Waals surface area contributed by atoms with E-state index in [-0.39, 0.29) is 25.9 Å². The Morgan fingerprint density at radius 1 is 0.976 bits per heavy atom. The third-order valence-electron chi connectivity index (χ3n) is 6.10. The highest BCUT2D eigenvalue weighted by atomic mass is 127. The first-order chi connectivity index (χ1) is 20.1. The lowest BCUT2D eigenvalue weighted by atomic mass is 10.1. The molecule has 12 heteroatoms. The van der Waals surface area contributed by atoms with E-state index in [0.29, 0.717) is 38.7 Å². The number of amides is 3. The minimum atomic E-state index is -0.920. The number of ether oxygens (including phenoxy) is 4. The van der Waals surface area contributed by atoms with Crippen molar-refractivity contribution in [3.8, 4) is 23.0 Å². The summed E-state index contributed by atoms with van der Waals surface area (Å²) < 4.78 is 22.8. The zero-order valence-electron chi connectivity index (χ0n) is 23.6. The van der Waals surface area contributed by atoms with Gasteiger partial charge in [0.05, 0.1) is 16.4 Å². The molecule has 4 rings (SSSR count). The van der Waals surface area contributed by atoms with Crippen LogP contribution in [-0.4, -0.2) is 43.9 Å². The fourth-order valence-corrected chi connectivity index (χ4v) is 5.07. The van der Waals surface area contributed by atoms with Crippen LogP contribution in [0.15, 0.2) is 47.6 Å². The summed E-state index contributed by atoms with van der Waals surface area (Å²) in [6, 6.07) is 12.7. The molecule has 3 aromatic rings. The molecule has 1 heterocycles. The zero-order chi connectivity index (χ0) is 30.2. The lowest BCUT2D eigenvalue weighted by Gasteiger charge is -2.16. The molecule has 11 nitrogen and oxygen atoms in total. The molecule has 0 bridgehead atoms. The summed E-state index contributed by atoms with van der Waals surface area (Å²) in [4.78, 5) is 37.1. The highest BCUT2D eigenvalue weighted by molar-refractivity contribution is 14.1. The van der Waals surface area contributed by atoms with Crippen LogP contribution >= 0.6 is 22.6 Å². The highest BCUT2D eigenvalue weighted by Crippen LogP contribution is 2.34. The Kier molecular flexibility index (Phi) is 10.2. The van der Waals surface area contributed by atoms with Crippen LogP contribution in [0, 0.1) is 24.3 Å². The van der Waals surface area contributed by atoms with Crippen molar-refractivity contribution in [1.82, 2.24) is 10.7 Å². The van der Waals surface area contributed by atoms with E-state index in [1.54, 1.807) is 30.3 Å². The number of carbonyl (C=O) groups excluding carboxylic acids is 3. The van der Waals surface area contributed by atoms with E-state index in [9.17, 15) is 14.4 Å². The number of anilines is 1. The molecule has 3 amide bonds. The first-order valence-electron chi connectivity index (χ1n) is 13.1. The fraction of sp³-hybridized carbons (Fsp3) is 0.267. The van der Waals surface area contributed by atoms with Crippen LogP contribution in [0.25, 0.3) is 0 Å². The molecular weight excluding hydrogens is 655 g/mol. The average molecular weight is 687 g/mol. The number of hydrazone groups is 1. The zero-order valence-corrected chi connectivity index (χ0v) is 25.8. The second-order valence-electron chi connectivity index (χ2n) is 9.44. The van der Waals surface area contributed by atoms with Crippen molar-refractivity contribution in [3.63, 3.8) is 0 Å². The molecule has 0 saturated carbocycles. The molecular formula is C30H31IN4O7. The molecule has 0 unspecified atom stereocenters. The maximum Gasteiger partial charge on any atom is 0.329 e. The lowest BCUT2D eigenvalue weighted by molar-refractivity contribution is -0.139. The van der Waals surface area contributed by atoms with Crippen LogP contribution in [-0.2, 0) is 20.9 Å². The number of rotatable bonds is 10. The quantitative estimate of drug-likeness (QED) is 0.126. The number of halogens is 1. The third kappa shape index (κ3) is 7.90. The summed E-state index contributed by atoms with van der Waals surface area (Å²) in [5.41, 5.74) is 7.40.